The lowest BCUT2D eigenvalue weighted by molar-refractivity contribution is 0.574. The van der Waals surface area contributed by atoms with Crippen molar-refractivity contribution in [2.24, 2.45) is 0 Å². The minimum absolute atomic E-state index is 0.883. The van der Waals surface area contributed by atoms with Crippen molar-refractivity contribution in [2.75, 3.05) is 0 Å². The summed E-state index contributed by atoms with van der Waals surface area (Å²) in [6, 6.07) is 1.88. The second kappa shape index (κ2) is 4.13. The first-order valence-electron chi connectivity index (χ1n) is 4.98. The first-order chi connectivity index (χ1) is 7.36. The Bertz CT molecular complexity index is 605. The fourth-order valence-electron chi connectivity index (χ4n) is 1.56. The molecule has 76 valence electrons. The minimum Gasteiger partial charge on any atom is -0.456 e. The molecule has 0 bridgehead atoms. The van der Waals surface area contributed by atoms with Gasteiger partial charge in [-0.15, -0.1) is 0 Å². The van der Waals surface area contributed by atoms with Crippen molar-refractivity contribution in [1.82, 2.24) is 4.98 Å². The van der Waals surface area contributed by atoms with E-state index in [4.69, 9.17) is 4.42 Å². The molecule has 0 amide bonds. The lowest BCUT2D eigenvalue weighted by Gasteiger charge is -1.82. The summed E-state index contributed by atoms with van der Waals surface area (Å²) in [5.74, 6) is 0. The number of allylic oxidation sites excluding steroid dienone is 2. The summed E-state index contributed by atoms with van der Waals surface area (Å²) in [6.45, 7) is 3.96. The van der Waals surface area contributed by atoms with Gasteiger partial charge in [-0.1, -0.05) is 18.2 Å². The van der Waals surface area contributed by atoms with E-state index in [-0.39, 0.29) is 0 Å². The van der Waals surface area contributed by atoms with Crippen LogP contribution >= 0.6 is 0 Å². The molecule has 0 fully saturated rings. The Morgan fingerprint density at radius 3 is 2.93 bits per heavy atom. The highest BCUT2D eigenvalue weighted by atomic mass is 16.3. The molecule has 0 unspecified atom stereocenters. The second-order valence-electron chi connectivity index (χ2n) is 3.23. The average Bonchev–Trinajstić information content (AvgIpc) is 2.64. The van der Waals surface area contributed by atoms with Gasteiger partial charge in [-0.3, -0.25) is 4.98 Å². The van der Waals surface area contributed by atoms with Gasteiger partial charge < -0.3 is 4.42 Å². The maximum absolute atomic E-state index is 5.68. The van der Waals surface area contributed by atoms with Gasteiger partial charge in [-0.2, -0.15) is 0 Å². The number of furan rings is 1. The predicted molar refractivity (Wildman–Crippen MR) is 62.7 cm³/mol. The summed E-state index contributed by atoms with van der Waals surface area (Å²) in [5.41, 5.74) is 1.78. The number of fused-ring (bicyclic) bond motifs is 1. The highest BCUT2D eigenvalue weighted by molar-refractivity contribution is 5.78. The van der Waals surface area contributed by atoms with Crippen molar-refractivity contribution >= 4 is 23.1 Å². The molecule has 0 aliphatic carbocycles. The van der Waals surface area contributed by atoms with Gasteiger partial charge in [-0.05, 0) is 26.0 Å². The summed E-state index contributed by atoms with van der Waals surface area (Å²) in [6.07, 6.45) is 11.6. The van der Waals surface area contributed by atoms with Crippen LogP contribution in [0.25, 0.3) is 23.1 Å². The van der Waals surface area contributed by atoms with Crippen molar-refractivity contribution in [3.8, 4) is 0 Å². The van der Waals surface area contributed by atoms with Gasteiger partial charge in [0.2, 0.25) is 0 Å². The van der Waals surface area contributed by atoms with E-state index in [9.17, 15) is 0 Å². The lowest BCUT2D eigenvalue weighted by atomic mass is 10.2. The molecule has 2 aromatic rings. The monoisotopic (exact) mass is 199 g/mol. The van der Waals surface area contributed by atoms with Crippen LogP contribution in [0.2, 0.25) is 0 Å². The van der Waals surface area contributed by atoms with E-state index in [1.165, 1.54) is 0 Å². The molecule has 0 atom stereocenters. The highest BCUT2D eigenvalue weighted by Gasteiger charge is 2.00. The van der Waals surface area contributed by atoms with Crippen molar-refractivity contribution < 1.29 is 4.42 Å². The molecule has 0 aliphatic rings. The van der Waals surface area contributed by atoms with Crippen LogP contribution in [0.5, 0.6) is 0 Å². The Balaban J connectivity index is 2.91. The minimum atomic E-state index is 0.883. The van der Waals surface area contributed by atoms with Crippen LogP contribution in [0.15, 0.2) is 35.0 Å². The number of pyridine rings is 1. The third-order valence-electron chi connectivity index (χ3n) is 2.27. The highest BCUT2D eigenvalue weighted by Crippen LogP contribution is 2.04. The van der Waals surface area contributed by atoms with E-state index >= 15 is 0 Å². The van der Waals surface area contributed by atoms with Gasteiger partial charge in [0.25, 0.3) is 0 Å². The molecule has 0 aliphatic heterocycles. The molecule has 0 aromatic carbocycles. The lowest BCUT2D eigenvalue weighted by Crippen LogP contribution is -2.18. The SMILES string of the molecule is C\C=C/C=c1\c(=C/C)oc2ccncc12. The van der Waals surface area contributed by atoms with E-state index in [1.807, 2.05) is 50.4 Å². The van der Waals surface area contributed by atoms with E-state index in [0.717, 1.165) is 21.6 Å². The normalized spacial score (nSPS) is 14.5. The summed E-state index contributed by atoms with van der Waals surface area (Å²) >= 11 is 0. The molecule has 2 aromatic heterocycles. The molecule has 2 heteroatoms. The predicted octanol–water partition coefficient (Wildman–Crippen LogP) is 1.98. The van der Waals surface area contributed by atoms with E-state index in [1.54, 1.807) is 6.20 Å². The maximum Gasteiger partial charge on any atom is 0.138 e. The van der Waals surface area contributed by atoms with E-state index < -0.39 is 0 Å². The average molecular weight is 199 g/mol. The third kappa shape index (κ3) is 1.71. The number of aromatic nitrogens is 1. The van der Waals surface area contributed by atoms with E-state index in [2.05, 4.69) is 4.98 Å². The van der Waals surface area contributed by atoms with Crippen LogP contribution < -0.4 is 10.6 Å². The molecular weight excluding hydrogens is 186 g/mol. The molecule has 2 rings (SSSR count). The Hall–Kier alpha value is -1.83. The van der Waals surface area contributed by atoms with Gasteiger partial charge >= 0.3 is 0 Å². The van der Waals surface area contributed by atoms with Crippen molar-refractivity contribution in [1.29, 1.82) is 0 Å². The quantitative estimate of drug-likeness (QED) is 0.702. The molecule has 0 radical (unpaired) electrons. The second-order valence-corrected chi connectivity index (χ2v) is 3.23. The number of nitrogens with zero attached hydrogens (tertiary/aromatic N) is 1. The van der Waals surface area contributed by atoms with Gasteiger partial charge in [0.15, 0.2) is 0 Å². The zero-order valence-electron chi connectivity index (χ0n) is 8.90. The third-order valence-corrected chi connectivity index (χ3v) is 2.27. The van der Waals surface area contributed by atoms with Crippen molar-refractivity contribution in [3.05, 3.63) is 41.2 Å². The van der Waals surface area contributed by atoms with Gasteiger partial charge in [-0.25, -0.2) is 0 Å². The molecule has 0 N–H and O–H groups in total. The Morgan fingerprint density at radius 1 is 1.33 bits per heavy atom. The fraction of sp³-hybridized carbons (Fsp3) is 0.154. The molecule has 2 nitrogen and oxygen atoms in total. The Labute approximate surface area is 88.2 Å². The van der Waals surface area contributed by atoms with Gasteiger partial charge in [0, 0.05) is 23.0 Å². The van der Waals surface area contributed by atoms with Gasteiger partial charge in [0.1, 0.15) is 11.0 Å². The summed E-state index contributed by atoms with van der Waals surface area (Å²) in [7, 11) is 0. The largest absolute Gasteiger partial charge is 0.456 e. The topological polar surface area (TPSA) is 26.0 Å². The maximum atomic E-state index is 5.68. The first kappa shape index (κ1) is 9.71. The standard InChI is InChI=1S/C13H13NO/c1-3-5-6-10-11-9-14-8-7-13(11)15-12(10)4-2/h3-9H,1-2H3/b5-3-,10-6-,12-4+. The summed E-state index contributed by atoms with van der Waals surface area (Å²) in [5, 5.41) is 2.16. The van der Waals surface area contributed by atoms with Crippen molar-refractivity contribution in [2.45, 2.75) is 13.8 Å². The Kier molecular flexibility index (Phi) is 2.68. The van der Waals surface area contributed by atoms with Crippen LogP contribution in [0.3, 0.4) is 0 Å². The molecule has 15 heavy (non-hydrogen) atoms. The molecule has 0 spiro atoms. The fourth-order valence-corrected chi connectivity index (χ4v) is 1.56. The molecule has 0 saturated carbocycles. The molecule has 0 saturated heterocycles. The first-order valence-corrected chi connectivity index (χ1v) is 4.98. The van der Waals surface area contributed by atoms with Crippen LogP contribution in [-0.4, -0.2) is 4.98 Å². The zero-order valence-corrected chi connectivity index (χ0v) is 8.90. The van der Waals surface area contributed by atoms with Crippen LogP contribution in [0, 0.1) is 0 Å². The van der Waals surface area contributed by atoms with Crippen LogP contribution in [-0.2, 0) is 0 Å². The van der Waals surface area contributed by atoms with Crippen molar-refractivity contribution in [3.63, 3.8) is 0 Å². The Morgan fingerprint density at radius 2 is 2.20 bits per heavy atom. The van der Waals surface area contributed by atoms with Crippen LogP contribution in [0.1, 0.15) is 13.8 Å². The van der Waals surface area contributed by atoms with Gasteiger partial charge in [0.05, 0.1) is 0 Å². The number of hydrogen-bond donors (Lipinski definition) is 0. The van der Waals surface area contributed by atoms with Crippen LogP contribution in [0.4, 0.5) is 0 Å². The zero-order chi connectivity index (χ0) is 10.7. The molecule has 2 heterocycles. The smallest absolute Gasteiger partial charge is 0.138 e. The summed E-state index contributed by atoms with van der Waals surface area (Å²) in [4.78, 5) is 4.11. The molecular formula is C13H13NO. The number of hydrogen-bond acceptors (Lipinski definition) is 2. The number of rotatable bonds is 1. The summed E-state index contributed by atoms with van der Waals surface area (Å²) < 4.78 is 5.68. The van der Waals surface area contributed by atoms with E-state index in [0.29, 0.717) is 0 Å².